The molecule has 0 heterocycles. The van der Waals surface area contributed by atoms with Gasteiger partial charge in [-0.2, -0.15) is 0 Å². The van der Waals surface area contributed by atoms with Crippen LogP contribution in [0.25, 0.3) is 6.08 Å². The van der Waals surface area contributed by atoms with Crippen LogP contribution in [0.4, 0.5) is 0 Å². The maximum atomic E-state index is 10.8. The molecule has 0 atom stereocenters. The van der Waals surface area contributed by atoms with Crippen molar-refractivity contribution in [3.63, 3.8) is 0 Å². The molecular formula is C18H17Cl2O6P. The molecular weight excluding hydrogens is 414 g/mol. The summed E-state index contributed by atoms with van der Waals surface area (Å²) >= 11 is 11.4. The van der Waals surface area contributed by atoms with Crippen LogP contribution in [0.15, 0.2) is 42.2 Å². The van der Waals surface area contributed by atoms with Gasteiger partial charge in [0.05, 0.1) is 15.6 Å². The van der Waals surface area contributed by atoms with E-state index in [9.17, 15) is 9.36 Å². The number of carbonyl (C=O) groups is 1. The number of rotatable bonds is 4. The Morgan fingerprint density at radius 2 is 1.70 bits per heavy atom. The highest BCUT2D eigenvalue weighted by atomic mass is 35.5. The van der Waals surface area contributed by atoms with E-state index in [4.69, 9.17) is 43.2 Å². The number of carboxylic acids is 1. The van der Waals surface area contributed by atoms with Gasteiger partial charge in [-0.15, -0.1) is 0 Å². The first-order valence-corrected chi connectivity index (χ1v) is 10.3. The van der Waals surface area contributed by atoms with Gasteiger partial charge >= 0.3 is 13.6 Å². The lowest BCUT2D eigenvalue weighted by molar-refractivity contribution is 0.0697. The fourth-order valence-electron chi connectivity index (χ4n) is 2.27. The molecule has 4 N–H and O–H groups in total. The van der Waals surface area contributed by atoms with Crippen LogP contribution >= 0.6 is 30.8 Å². The number of hydrogen-bond acceptors (Lipinski definition) is 3. The van der Waals surface area contributed by atoms with Crippen molar-refractivity contribution in [1.29, 1.82) is 0 Å². The molecule has 1 saturated carbocycles. The van der Waals surface area contributed by atoms with Gasteiger partial charge < -0.3 is 20.0 Å². The highest BCUT2D eigenvalue weighted by Gasteiger charge is 2.23. The predicted octanol–water partition coefficient (Wildman–Crippen LogP) is 5.11. The van der Waals surface area contributed by atoms with E-state index in [-0.39, 0.29) is 15.6 Å². The van der Waals surface area contributed by atoms with Gasteiger partial charge in [0.2, 0.25) is 0 Å². The van der Waals surface area contributed by atoms with Crippen LogP contribution < -0.4 is 0 Å². The van der Waals surface area contributed by atoms with E-state index < -0.39 is 13.6 Å². The van der Waals surface area contributed by atoms with Crippen LogP contribution in [-0.2, 0) is 4.57 Å². The molecule has 1 aliphatic rings. The van der Waals surface area contributed by atoms with Gasteiger partial charge in [0.15, 0.2) is 0 Å². The van der Waals surface area contributed by atoms with Gasteiger partial charge in [-0.05, 0) is 60.2 Å². The monoisotopic (exact) mass is 430 g/mol. The highest BCUT2D eigenvalue weighted by molar-refractivity contribution is 7.55. The number of benzene rings is 2. The van der Waals surface area contributed by atoms with Crippen LogP contribution in [-0.4, -0.2) is 26.0 Å². The molecule has 9 heteroatoms. The van der Waals surface area contributed by atoms with E-state index in [1.807, 2.05) is 12.1 Å². The smallest absolute Gasteiger partial charge is 0.349 e. The molecule has 0 spiro atoms. The third-order valence-electron chi connectivity index (χ3n) is 3.66. The van der Waals surface area contributed by atoms with Crippen LogP contribution in [0.2, 0.25) is 10.0 Å². The number of phenolic OH excluding ortho intramolecular Hbond substituents is 1. The van der Waals surface area contributed by atoms with Crippen molar-refractivity contribution in [3.05, 3.63) is 69.0 Å². The maximum absolute atomic E-state index is 10.8. The molecule has 2 aromatic carbocycles. The highest BCUT2D eigenvalue weighted by Crippen LogP contribution is 2.40. The SMILES string of the molecule is O=C(O)c1c(Cl)cc(C=CP(=O)(O)O)cc1Cl.Oc1cccc(C2CC2)c1. The Balaban J connectivity index is 0.000000219. The van der Waals surface area contributed by atoms with Crippen molar-refractivity contribution < 1.29 is 29.4 Å². The molecule has 0 aromatic heterocycles. The Hall–Kier alpha value is -1.82. The predicted molar refractivity (Wildman–Crippen MR) is 105 cm³/mol. The Bertz CT molecular complexity index is 895. The molecule has 6 nitrogen and oxygen atoms in total. The lowest BCUT2D eigenvalue weighted by atomic mass is 10.1. The first kappa shape index (κ1) is 21.5. The van der Waals surface area contributed by atoms with Crippen molar-refractivity contribution in [1.82, 2.24) is 0 Å². The molecule has 0 bridgehead atoms. The lowest BCUT2D eigenvalue weighted by Gasteiger charge is -2.04. The summed E-state index contributed by atoms with van der Waals surface area (Å²) in [5.41, 5.74) is 1.34. The standard InChI is InChI=1S/C9H7Cl2O5P.C9H10O/c10-6-3-5(1-2-17(14,15)16)4-7(11)8(6)9(12)13;10-9-3-1-2-8(6-9)7-4-5-7/h1-4H,(H,12,13)(H2,14,15,16);1-3,6-7,10H,4-5H2. The molecule has 1 fully saturated rings. The van der Waals surface area contributed by atoms with Crippen molar-refractivity contribution in [3.8, 4) is 5.75 Å². The summed E-state index contributed by atoms with van der Waals surface area (Å²) in [5, 5.41) is 17.7. The average molecular weight is 431 g/mol. The Morgan fingerprint density at radius 3 is 2.15 bits per heavy atom. The molecule has 1 aliphatic carbocycles. The van der Waals surface area contributed by atoms with E-state index in [2.05, 4.69) is 6.07 Å². The minimum Gasteiger partial charge on any atom is -0.508 e. The number of aromatic carboxylic acids is 1. The first-order valence-electron chi connectivity index (χ1n) is 7.82. The number of carboxylic acid groups (broad SMARTS) is 1. The summed E-state index contributed by atoms with van der Waals surface area (Å²) in [7, 11) is -4.28. The van der Waals surface area contributed by atoms with Crippen LogP contribution in [0, 0.1) is 0 Å². The van der Waals surface area contributed by atoms with E-state index >= 15 is 0 Å². The molecule has 144 valence electrons. The van der Waals surface area contributed by atoms with E-state index in [1.54, 1.807) is 6.07 Å². The van der Waals surface area contributed by atoms with Gasteiger partial charge in [-0.1, -0.05) is 35.3 Å². The summed E-state index contributed by atoms with van der Waals surface area (Å²) in [6.45, 7) is 0. The van der Waals surface area contributed by atoms with Crippen molar-refractivity contribution >= 4 is 42.8 Å². The molecule has 0 saturated heterocycles. The number of aromatic hydroxyl groups is 1. The zero-order valence-corrected chi connectivity index (χ0v) is 16.3. The van der Waals surface area contributed by atoms with Gasteiger partial charge in [0, 0.05) is 5.82 Å². The lowest BCUT2D eigenvalue weighted by Crippen LogP contribution is -1.99. The Labute approximate surface area is 165 Å². The summed E-state index contributed by atoms with van der Waals surface area (Å²) < 4.78 is 10.6. The topological polar surface area (TPSA) is 115 Å². The minimum atomic E-state index is -4.28. The van der Waals surface area contributed by atoms with Gasteiger partial charge in [0.1, 0.15) is 5.75 Å². The molecule has 3 rings (SSSR count). The number of phenols is 1. The molecule has 27 heavy (non-hydrogen) atoms. The third-order valence-corrected chi connectivity index (χ3v) is 4.79. The molecule has 0 radical (unpaired) electrons. The quantitative estimate of drug-likeness (QED) is 0.501. The van der Waals surface area contributed by atoms with Crippen LogP contribution in [0.3, 0.4) is 0 Å². The Morgan fingerprint density at radius 1 is 1.11 bits per heavy atom. The average Bonchev–Trinajstić information content (AvgIpc) is 3.37. The zero-order chi connectivity index (χ0) is 20.2. The van der Waals surface area contributed by atoms with Crippen LogP contribution in [0.5, 0.6) is 5.75 Å². The fourth-order valence-corrected chi connectivity index (χ4v) is 3.30. The zero-order valence-electron chi connectivity index (χ0n) is 13.9. The summed E-state index contributed by atoms with van der Waals surface area (Å²) in [5.74, 6) is 0.539. The van der Waals surface area contributed by atoms with Gasteiger partial charge in [-0.3, -0.25) is 4.57 Å². The molecule has 0 aliphatic heterocycles. The van der Waals surface area contributed by atoms with E-state index in [0.29, 0.717) is 17.1 Å². The normalized spacial score (nSPS) is 13.9. The number of halogens is 2. The van der Waals surface area contributed by atoms with E-state index in [0.717, 1.165) is 12.0 Å². The molecule has 0 unspecified atom stereocenters. The molecule has 0 amide bonds. The van der Waals surface area contributed by atoms with Crippen molar-refractivity contribution in [2.75, 3.05) is 0 Å². The summed E-state index contributed by atoms with van der Waals surface area (Å²) in [4.78, 5) is 28.0. The molecule has 2 aromatic rings. The largest absolute Gasteiger partial charge is 0.508 e. The van der Waals surface area contributed by atoms with Gasteiger partial charge in [0.25, 0.3) is 0 Å². The fraction of sp³-hybridized carbons (Fsp3) is 0.167. The maximum Gasteiger partial charge on any atom is 0.349 e. The van der Waals surface area contributed by atoms with Gasteiger partial charge in [-0.25, -0.2) is 4.79 Å². The third kappa shape index (κ3) is 7.01. The summed E-state index contributed by atoms with van der Waals surface area (Å²) in [6.07, 6.45) is 3.71. The second kappa shape index (κ2) is 8.91. The van der Waals surface area contributed by atoms with Crippen molar-refractivity contribution in [2.45, 2.75) is 18.8 Å². The number of hydrogen-bond donors (Lipinski definition) is 4. The first-order chi connectivity index (χ1) is 12.6. The Kier molecular flexibility index (Phi) is 7.09. The summed E-state index contributed by atoms with van der Waals surface area (Å²) in [6, 6.07) is 10.1. The van der Waals surface area contributed by atoms with E-state index in [1.165, 1.54) is 30.5 Å². The minimum absolute atomic E-state index is 0.102. The second-order valence-corrected chi connectivity index (χ2v) is 8.23. The second-order valence-electron chi connectivity index (χ2n) is 5.94. The van der Waals surface area contributed by atoms with Crippen molar-refractivity contribution in [2.24, 2.45) is 0 Å². The van der Waals surface area contributed by atoms with Crippen LogP contribution in [0.1, 0.15) is 40.2 Å².